The van der Waals surface area contributed by atoms with Crippen LogP contribution in [-0.4, -0.2) is 51.5 Å². The van der Waals surface area contributed by atoms with Gasteiger partial charge in [0.25, 0.3) is 0 Å². The molecule has 1 rings (SSSR count). The Morgan fingerprint density at radius 3 is 2.83 bits per heavy atom. The second-order valence-corrected chi connectivity index (χ2v) is 3.51. The highest BCUT2D eigenvalue weighted by atomic mass is 16.5. The molecule has 1 amide bonds. The number of carboxylic acids is 1. The number of amides is 1. The quantitative estimate of drug-likeness (QED) is 0.564. The summed E-state index contributed by atoms with van der Waals surface area (Å²) >= 11 is 0. The van der Waals surface area contributed by atoms with Crippen molar-refractivity contribution in [3.05, 3.63) is 12.7 Å². The molecular weight excluding hydrogens is 240 g/mol. The first-order valence-electron chi connectivity index (χ1n) is 5.57. The van der Waals surface area contributed by atoms with Crippen LogP contribution < -0.4 is 5.32 Å². The van der Waals surface area contributed by atoms with E-state index < -0.39 is 5.97 Å². The van der Waals surface area contributed by atoms with Crippen LogP contribution in [0.1, 0.15) is 12.8 Å². The van der Waals surface area contributed by atoms with Gasteiger partial charge in [-0.25, -0.2) is 4.98 Å². The zero-order chi connectivity index (χ0) is 13.2. The molecule has 0 aliphatic carbocycles. The molecule has 0 atom stereocenters. The summed E-state index contributed by atoms with van der Waals surface area (Å²) in [4.78, 5) is 25.3. The van der Waals surface area contributed by atoms with Crippen molar-refractivity contribution in [1.82, 2.24) is 20.1 Å². The molecule has 1 aromatic heterocycles. The van der Waals surface area contributed by atoms with Crippen molar-refractivity contribution in [1.29, 1.82) is 0 Å². The molecule has 0 fully saturated rings. The summed E-state index contributed by atoms with van der Waals surface area (Å²) in [6, 6.07) is 0. The smallest absolute Gasteiger partial charge is 0.305 e. The van der Waals surface area contributed by atoms with E-state index in [4.69, 9.17) is 9.84 Å². The highest BCUT2D eigenvalue weighted by Crippen LogP contribution is 1.87. The number of ether oxygens (including phenoxy) is 1. The first-order chi connectivity index (χ1) is 8.68. The van der Waals surface area contributed by atoms with Crippen LogP contribution in [0.3, 0.4) is 0 Å². The number of carboxylic acid groups (broad SMARTS) is 1. The minimum Gasteiger partial charge on any atom is -0.481 e. The second-order valence-electron chi connectivity index (χ2n) is 3.51. The SMILES string of the molecule is O=C(O)CCOCCNC(=O)CCn1cncn1. The summed E-state index contributed by atoms with van der Waals surface area (Å²) < 4.78 is 6.59. The maximum absolute atomic E-state index is 11.4. The van der Waals surface area contributed by atoms with Gasteiger partial charge in [0.05, 0.1) is 26.2 Å². The number of hydrogen-bond acceptors (Lipinski definition) is 5. The normalized spacial score (nSPS) is 10.2. The van der Waals surface area contributed by atoms with Gasteiger partial charge in [0.1, 0.15) is 12.7 Å². The van der Waals surface area contributed by atoms with E-state index in [1.165, 1.54) is 6.33 Å². The molecule has 0 aliphatic heterocycles. The third-order valence-electron chi connectivity index (χ3n) is 2.06. The monoisotopic (exact) mass is 256 g/mol. The topological polar surface area (TPSA) is 106 Å². The third kappa shape index (κ3) is 6.59. The number of rotatable bonds is 9. The number of nitrogens with zero attached hydrogens (tertiary/aromatic N) is 3. The highest BCUT2D eigenvalue weighted by molar-refractivity contribution is 5.75. The maximum Gasteiger partial charge on any atom is 0.305 e. The Hall–Kier alpha value is -1.96. The number of aliphatic carboxylic acids is 1. The first kappa shape index (κ1) is 14.1. The number of hydrogen-bond donors (Lipinski definition) is 2. The van der Waals surface area contributed by atoms with Gasteiger partial charge in [0, 0.05) is 13.0 Å². The van der Waals surface area contributed by atoms with Crippen LogP contribution in [0, 0.1) is 0 Å². The average Bonchev–Trinajstić information content (AvgIpc) is 2.83. The van der Waals surface area contributed by atoms with E-state index in [1.807, 2.05) is 0 Å². The Bertz CT molecular complexity index is 366. The van der Waals surface area contributed by atoms with E-state index in [2.05, 4.69) is 15.4 Å². The molecule has 0 spiro atoms. The molecule has 0 saturated carbocycles. The lowest BCUT2D eigenvalue weighted by molar-refractivity contribution is -0.138. The van der Waals surface area contributed by atoms with Crippen molar-refractivity contribution in [2.45, 2.75) is 19.4 Å². The van der Waals surface area contributed by atoms with E-state index in [9.17, 15) is 9.59 Å². The van der Waals surface area contributed by atoms with E-state index in [1.54, 1.807) is 11.0 Å². The van der Waals surface area contributed by atoms with E-state index in [0.717, 1.165) is 0 Å². The van der Waals surface area contributed by atoms with Crippen molar-refractivity contribution in [3.8, 4) is 0 Å². The Labute approximate surface area is 104 Å². The number of nitrogens with one attached hydrogen (secondary N) is 1. The van der Waals surface area contributed by atoms with Gasteiger partial charge >= 0.3 is 5.97 Å². The summed E-state index contributed by atoms with van der Waals surface area (Å²) in [6.07, 6.45) is 3.25. The summed E-state index contributed by atoms with van der Waals surface area (Å²) in [5.41, 5.74) is 0. The highest BCUT2D eigenvalue weighted by Gasteiger charge is 2.02. The Kier molecular flexibility index (Phi) is 6.41. The lowest BCUT2D eigenvalue weighted by Gasteiger charge is -2.05. The number of carbonyl (C=O) groups excluding carboxylic acids is 1. The maximum atomic E-state index is 11.4. The molecule has 8 heteroatoms. The second kappa shape index (κ2) is 8.18. The van der Waals surface area contributed by atoms with E-state index in [0.29, 0.717) is 26.1 Å². The lowest BCUT2D eigenvalue weighted by Crippen LogP contribution is -2.28. The van der Waals surface area contributed by atoms with Crippen molar-refractivity contribution in [2.24, 2.45) is 0 Å². The number of carbonyl (C=O) groups is 2. The van der Waals surface area contributed by atoms with E-state index >= 15 is 0 Å². The molecule has 0 saturated heterocycles. The Morgan fingerprint density at radius 2 is 2.17 bits per heavy atom. The predicted octanol–water partition coefficient (Wildman–Crippen LogP) is -0.724. The molecule has 1 heterocycles. The lowest BCUT2D eigenvalue weighted by atomic mass is 10.4. The summed E-state index contributed by atoms with van der Waals surface area (Å²) in [5.74, 6) is -1.00. The minimum absolute atomic E-state index is 0.0275. The number of aromatic nitrogens is 3. The summed E-state index contributed by atoms with van der Waals surface area (Å²) in [5, 5.41) is 14.9. The standard InChI is InChI=1S/C10H16N4O4/c15-9(1-4-14-8-11-7-13-14)12-3-6-18-5-2-10(16)17/h7-8H,1-6H2,(H,12,15)(H,16,17). The van der Waals surface area contributed by atoms with Gasteiger partial charge in [-0.15, -0.1) is 0 Å². The molecule has 0 bridgehead atoms. The van der Waals surface area contributed by atoms with Crippen LogP contribution in [0.4, 0.5) is 0 Å². The van der Waals surface area contributed by atoms with E-state index in [-0.39, 0.29) is 18.9 Å². The van der Waals surface area contributed by atoms with Gasteiger partial charge in [0.15, 0.2) is 0 Å². The molecule has 100 valence electrons. The van der Waals surface area contributed by atoms with Crippen LogP contribution in [0.15, 0.2) is 12.7 Å². The first-order valence-corrected chi connectivity index (χ1v) is 5.57. The van der Waals surface area contributed by atoms with Gasteiger partial charge in [0.2, 0.25) is 5.91 Å². The number of aryl methyl sites for hydroxylation is 1. The van der Waals surface area contributed by atoms with Crippen molar-refractivity contribution in [2.75, 3.05) is 19.8 Å². The molecule has 0 radical (unpaired) electrons. The molecule has 0 aromatic carbocycles. The van der Waals surface area contributed by atoms with Crippen LogP contribution >= 0.6 is 0 Å². The van der Waals surface area contributed by atoms with Gasteiger partial charge in [-0.1, -0.05) is 0 Å². The van der Waals surface area contributed by atoms with Crippen molar-refractivity contribution >= 4 is 11.9 Å². The summed E-state index contributed by atoms with van der Waals surface area (Å²) in [7, 11) is 0. The van der Waals surface area contributed by atoms with Gasteiger partial charge < -0.3 is 15.2 Å². The average molecular weight is 256 g/mol. The van der Waals surface area contributed by atoms with Crippen LogP contribution in [0.2, 0.25) is 0 Å². The van der Waals surface area contributed by atoms with Crippen LogP contribution in [0.5, 0.6) is 0 Å². The summed E-state index contributed by atoms with van der Waals surface area (Å²) in [6.45, 7) is 1.31. The molecule has 1 aromatic rings. The van der Waals surface area contributed by atoms with Gasteiger partial charge in [-0.05, 0) is 0 Å². The molecule has 8 nitrogen and oxygen atoms in total. The predicted molar refractivity (Wildman–Crippen MR) is 60.7 cm³/mol. The molecule has 0 aliphatic rings. The fourth-order valence-corrected chi connectivity index (χ4v) is 1.18. The Morgan fingerprint density at radius 1 is 1.33 bits per heavy atom. The van der Waals surface area contributed by atoms with Crippen molar-refractivity contribution < 1.29 is 19.4 Å². The molecular formula is C10H16N4O4. The molecule has 0 unspecified atom stereocenters. The Balaban J connectivity index is 1.95. The largest absolute Gasteiger partial charge is 0.481 e. The zero-order valence-electron chi connectivity index (χ0n) is 9.91. The fraction of sp³-hybridized carbons (Fsp3) is 0.600. The zero-order valence-corrected chi connectivity index (χ0v) is 9.91. The minimum atomic E-state index is -0.896. The molecule has 18 heavy (non-hydrogen) atoms. The van der Waals surface area contributed by atoms with Gasteiger partial charge in [-0.2, -0.15) is 5.10 Å². The van der Waals surface area contributed by atoms with Crippen LogP contribution in [0.25, 0.3) is 0 Å². The van der Waals surface area contributed by atoms with Gasteiger partial charge in [-0.3, -0.25) is 14.3 Å². The third-order valence-corrected chi connectivity index (χ3v) is 2.06. The van der Waals surface area contributed by atoms with Crippen LogP contribution in [-0.2, 0) is 20.9 Å². The van der Waals surface area contributed by atoms with Crippen molar-refractivity contribution in [3.63, 3.8) is 0 Å². The fourth-order valence-electron chi connectivity index (χ4n) is 1.18. The molecule has 2 N–H and O–H groups in total.